The van der Waals surface area contributed by atoms with Crippen LogP contribution in [0.25, 0.3) is 11.0 Å². The van der Waals surface area contributed by atoms with E-state index in [9.17, 15) is 0 Å². The molecule has 1 unspecified atom stereocenters. The number of aromatic nitrogens is 2. The Labute approximate surface area is 114 Å². The molecule has 0 bridgehead atoms. The third-order valence-electron chi connectivity index (χ3n) is 3.65. The van der Waals surface area contributed by atoms with Crippen molar-refractivity contribution < 1.29 is 0 Å². The average Bonchev–Trinajstić information content (AvgIpc) is 2.73. The Balaban J connectivity index is 1.94. The zero-order chi connectivity index (χ0) is 13.8. The fraction of sp³-hybridized carbons (Fsp3) is 0.533. The summed E-state index contributed by atoms with van der Waals surface area (Å²) in [6.45, 7) is 9.00. The first-order valence-electron chi connectivity index (χ1n) is 6.96. The number of hydrogen-bond donors (Lipinski definition) is 3. The second kappa shape index (κ2) is 6.17. The lowest BCUT2D eigenvalue weighted by molar-refractivity contribution is 0.370. The summed E-state index contributed by atoms with van der Waals surface area (Å²) >= 11 is 0. The van der Waals surface area contributed by atoms with Gasteiger partial charge >= 0.3 is 0 Å². The summed E-state index contributed by atoms with van der Waals surface area (Å²) in [7, 11) is 0. The maximum atomic E-state index is 5.78. The average molecular weight is 260 g/mol. The van der Waals surface area contributed by atoms with Crippen LogP contribution in [0.5, 0.6) is 0 Å². The minimum atomic E-state index is 0.540. The van der Waals surface area contributed by atoms with Crippen LogP contribution in [0, 0.1) is 18.8 Å². The molecule has 0 amide bonds. The van der Waals surface area contributed by atoms with E-state index in [4.69, 9.17) is 5.73 Å². The summed E-state index contributed by atoms with van der Waals surface area (Å²) < 4.78 is 0. The maximum absolute atomic E-state index is 5.78. The summed E-state index contributed by atoms with van der Waals surface area (Å²) in [4.78, 5) is 7.68. The van der Waals surface area contributed by atoms with Crippen molar-refractivity contribution in [2.75, 3.05) is 13.1 Å². The summed E-state index contributed by atoms with van der Waals surface area (Å²) in [6.07, 6.45) is 0. The first-order chi connectivity index (χ1) is 9.10. The normalized spacial score (nSPS) is 13.3. The monoisotopic (exact) mass is 260 g/mol. The molecule has 4 heteroatoms. The van der Waals surface area contributed by atoms with Gasteiger partial charge in [0.25, 0.3) is 0 Å². The van der Waals surface area contributed by atoms with E-state index >= 15 is 0 Å². The molecule has 4 nitrogen and oxygen atoms in total. The molecule has 0 saturated carbocycles. The predicted octanol–water partition coefficient (Wildman–Crippen LogP) is 2.19. The van der Waals surface area contributed by atoms with Crippen LogP contribution in [-0.2, 0) is 6.54 Å². The number of rotatable bonds is 6. The quantitative estimate of drug-likeness (QED) is 0.746. The number of imidazole rings is 1. The topological polar surface area (TPSA) is 66.7 Å². The highest BCUT2D eigenvalue weighted by molar-refractivity contribution is 5.75. The van der Waals surface area contributed by atoms with Gasteiger partial charge in [-0.3, -0.25) is 0 Å². The van der Waals surface area contributed by atoms with Gasteiger partial charge in [0.2, 0.25) is 0 Å². The van der Waals surface area contributed by atoms with E-state index in [0.717, 1.165) is 36.5 Å². The van der Waals surface area contributed by atoms with Crippen LogP contribution in [0.15, 0.2) is 18.2 Å². The Hall–Kier alpha value is -1.39. The van der Waals surface area contributed by atoms with Gasteiger partial charge in [0.15, 0.2) is 0 Å². The molecule has 0 saturated heterocycles. The molecule has 2 rings (SSSR count). The Kier molecular flexibility index (Phi) is 4.56. The molecule has 0 radical (unpaired) electrons. The molecule has 1 atom stereocenters. The summed E-state index contributed by atoms with van der Waals surface area (Å²) in [5, 5.41) is 3.49. The van der Waals surface area contributed by atoms with Crippen LogP contribution in [0.4, 0.5) is 0 Å². The van der Waals surface area contributed by atoms with E-state index in [1.807, 2.05) is 6.92 Å². The van der Waals surface area contributed by atoms with Crippen molar-refractivity contribution in [3.05, 3.63) is 29.6 Å². The van der Waals surface area contributed by atoms with E-state index in [-0.39, 0.29) is 0 Å². The molecule has 1 heterocycles. The largest absolute Gasteiger partial charge is 0.342 e. The zero-order valence-electron chi connectivity index (χ0n) is 12.0. The minimum Gasteiger partial charge on any atom is -0.342 e. The van der Waals surface area contributed by atoms with Gasteiger partial charge in [-0.15, -0.1) is 0 Å². The molecule has 0 fully saturated rings. The second-order valence-electron chi connectivity index (χ2n) is 5.54. The molecule has 0 aliphatic rings. The van der Waals surface area contributed by atoms with Crippen molar-refractivity contribution in [3.8, 4) is 0 Å². The highest BCUT2D eigenvalue weighted by atomic mass is 14.9. The Morgan fingerprint density at radius 2 is 2.16 bits per heavy atom. The van der Waals surface area contributed by atoms with Gasteiger partial charge in [-0.1, -0.05) is 19.9 Å². The lowest BCUT2D eigenvalue weighted by Crippen LogP contribution is -2.31. The number of aromatic amines is 1. The lowest BCUT2D eigenvalue weighted by Gasteiger charge is -2.19. The highest BCUT2D eigenvalue weighted by Crippen LogP contribution is 2.14. The number of H-pyrrole nitrogens is 1. The Morgan fingerprint density at radius 1 is 1.37 bits per heavy atom. The predicted molar refractivity (Wildman–Crippen MR) is 79.9 cm³/mol. The van der Waals surface area contributed by atoms with E-state index < -0.39 is 0 Å². The molecule has 19 heavy (non-hydrogen) atoms. The smallest absolute Gasteiger partial charge is 0.104 e. The van der Waals surface area contributed by atoms with Crippen LogP contribution in [-0.4, -0.2) is 23.1 Å². The molecule has 1 aromatic carbocycles. The third-order valence-corrected chi connectivity index (χ3v) is 3.65. The highest BCUT2D eigenvalue weighted by Gasteiger charge is 2.10. The molecular formula is C15H24N4. The molecule has 0 spiro atoms. The standard InChI is InChI=1S/C15H24N4/c1-10(2)13(7-16)9-17-8-12-4-5-14-15(6-12)19-11(3)18-14/h4-6,10,13,17H,7-9,16H2,1-3H3,(H,18,19). The minimum absolute atomic E-state index is 0.540. The fourth-order valence-electron chi connectivity index (χ4n) is 2.29. The Morgan fingerprint density at radius 3 is 2.84 bits per heavy atom. The van der Waals surface area contributed by atoms with Gasteiger partial charge in [0.1, 0.15) is 5.82 Å². The van der Waals surface area contributed by atoms with Gasteiger partial charge in [0, 0.05) is 6.54 Å². The van der Waals surface area contributed by atoms with Crippen molar-refractivity contribution in [3.63, 3.8) is 0 Å². The maximum Gasteiger partial charge on any atom is 0.104 e. The van der Waals surface area contributed by atoms with Gasteiger partial charge in [-0.25, -0.2) is 4.98 Å². The zero-order valence-corrected chi connectivity index (χ0v) is 12.0. The Bertz CT molecular complexity index is 530. The van der Waals surface area contributed by atoms with Crippen molar-refractivity contribution in [1.82, 2.24) is 15.3 Å². The molecule has 1 aromatic heterocycles. The molecular weight excluding hydrogens is 236 g/mol. The number of benzene rings is 1. The number of hydrogen-bond acceptors (Lipinski definition) is 3. The van der Waals surface area contributed by atoms with Crippen LogP contribution in [0.3, 0.4) is 0 Å². The van der Waals surface area contributed by atoms with E-state index in [2.05, 4.69) is 47.3 Å². The number of aryl methyl sites for hydroxylation is 1. The fourth-order valence-corrected chi connectivity index (χ4v) is 2.29. The first kappa shape index (κ1) is 14.0. The second-order valence-corrected chi connectivity index (χ2v) is 5.54. The summed E-state index contributed by atoms with van der Waals surface area (Å²) in [5.41, 5.74) is 9.19. The van der Waals surface area contributed by atoms with Crippen LogP contribution >= 0.6 is 0 Å². The number of nitrogens with one attached hydrogen (secondary N) is 2. The molecule has 0 aliphatic heterocycles. The first-order valence-corrected chi connectivity index (χ1v) is 6.96. The van der Waals surface area contributed by atoms with Crippen molar-refractivity contribution in [1.29, 1.82) is 0 Å². The van der Waals surface area contributed by atoms with Gasteiger partial charge in [-0.2, -0.15) is 0 Å². The molecule has 0 aliphatic carbocycles. The SMILES string of the molecule is Cc1nc2ccc(CNCC(CN)C(C)C)cc2[nH]1. The van der Waals surface area contributed by atoms with Gasteiger partial charge < -0.3 is 16.0 Å². The van der Waals surface area contributed by atoms with Crippen LogP contribution < -0.4 is 11.1 Å². The van der Waals surface area contributed by atoms with Crippen molar-refractivity contribution in [2.45, 2.75) is 27.3 Å². The molecule has 104 valence electrons. The summed E-state index contributed by atoms with van der Waals surface area (Å²) in [6, 6.07) is 6.36. The van der Waals surface area contributed by atoms with Crippen molar-refractivity contribution in [2.24, 2.45) is 17.6 Å². The molecule has 4 N–H and O–H groups in total. The lowest BCUT2D eigenvalue weighted by atomic mass is 9.96. The van der Waals surface area contributed by atoms with Crippen LogP contribution in [0.1, 0.15) is 25.2 Å². The summed E-state index contributed by atoms with van der Waals surface area (Å²) in [5.74, 6) is 2.12. The van der Waals surface area contributed by atoms with E-state index in [1.54, 1.807) is 0 Å². The molecule has 2 aromatic rings. The van der Waals surface area contributed by atoms with E-state index in [0.29, 0.717) is 11.8 Å². The van der Waals surface area contributed by atoms with Gasteiger partial charge in [0.05, 0.1) is 11.0 Å². The number of nitrogens with zero attached hydrogens (tertiary/aromatic N) is 1. The number of nitrogens with two attached hydrogens (primary N) is 1. The van der Waals surface area contributed by atoms with Gasteiger partial charge in [-0.05, 0) is 49.5 Å². The third kappa shape index (κ3) is 3.55. The van der Waals surface area contributed by atoms with Crippen molar-refractivity contribution >= 4 is 11.0 Å². The van der Waals surface area contributed by atoms with Crippen LogP contribution in [0.2, 0.25) is 0 Å². The number of fused-ring (bicyclic) bond motifs is 1. The van der Waals surface area contributed by atoms with E-state index in [1.165, 1.54) is 5.56 Å².